The predicted molar refractivity (Wildman–Crippen MR) is 162 cm³/mol. The second kappa shape index (κ2) is 11.8. The molecule has 1 aliphatic rings. The molecule has 4 heterocycles. The minimum atomic E-state index is -4.49. The van der Waals surface area contributed by atoms with E-state index in [4.69, 9.17) is 13.6 Å². The fourth-order valence-corrected chi connectivity index (χ4v) is 6.01. The van der Waals surface area contributed by atoms with Gasteiger partial charge in [-0.25, -0.2) is 4.99 Å². The summed E-state index contributed by atoms with van der Waals surface area (Å²) in [7, 11) is 0. The van der Waals surface area contributed by atoms with E-state index >= 15 is 0 Å². The van der Waals surface area contributed by atoms with Crippen LogP contribution in [-0.2, 0) is 17.6 Å². The smallest absolute Gasteiger partial charge is 0.416 e. The topological polar surface area (TPSA) is 99.0 Å². The number of para-hydroxylation sites is 1. The molecule has 3 aromatic heterocycles. The lowest BCUT2D eigenvalue weighted by Crippen LogP contribution is -2.40. The zero-order chi connectivity index (χ0) is 31.9. The molecule has 1 aliphatic heterocycles. The number of furan rings is 2. The van der Waals surface area contributed by atoms with E-state index in [9.17, 15) is 22.8 Å². The van der Waals surface area contributed by atoms with Gasteiger partial charge < -0.3 is 18.9 Å². The molecule has 6 rings (SSSR count). The lowest BCUT2D eigenvalue weighted by molar-refractivity contribution is -0.137. The number of aryl methyl sites for hydroxylation is 2. The molecular weight excluding hydrogens is 607 g/mol. The molecule has 45 heavy (non-hydrogen) atoms. The third-order valence-corrected chi connectivity index (χ3v) is 8.17. The largest absolute Gasteiger partial charge is 0.486 e. The molecule has 5 aromatic rings. The average molecular weight is 634 g/mol. The third kappa shape index (κ3) is 6.14. The Morgan fingerprint density at radius 2 is 1.84 bits per heavy atom. The number of aromatic nitrogens is 1. The van der Waals surface area contributed by atoms with Crippen molar-refractivity contribution in [2.75, 3.05) is 5.32 Å². The highest BCUT2D eigenvalue weighted by molar-refractivity contribution is 7.07. The molecule has 0 fully saturated rings. The van der Waals surface area contributed by atoms with Gasteiger partial charge in [-0.3, -0.25) is 14.2 Å². The molecule has 8 nitrogen and oxygen atoms in total. The van der Waals surface area contributed by atoms with Crippen LogP contribution in [0.25, 0.3) is 6.08 Å². The van der Waals surface area contributed by atoms with Crippen LogP contribution >= 0.6 is 11.3 Å². The summed E-state index contributed by atoms with van der Waals surface area (Å²) in [5.74, 6) is 1.35. The number of nitrogens with one attached hydrogen (secondary N) is 1. The zero-order valence-corrected chi connectivity index (χ0v) is 25.1. The zero-order valence-electron chi connectivity index (χ0n) is 24.3. The number of amides is 1. The Hall–Kier alpha value is -5.10. The number of benzene rings is 2. The van der Waals surface area contributed by atoms with Crippen molar-refractivity contribution in [3.63, 3.8) is 0 Å². The number of halogens is 3. The molecule has 230 valence electrons. The molecule has 1 N–H and O–H groups in total. The van der Waals surface area contributed by atoms with E-state index in [-0.39, 0.29) is 17.9 Å². The van der Waals surface area contributed by atoms with Crippen molar-refractivity contribution in [3.8, 4) is 5.75 Å². The molecule has 0 spiro atoms. The summed E-state index contributed by atoms with van der Waals surface area (Å²) < 4.78 is 58.1. The maximum Gasteiger partial charge on any atom is 0.416 e. The van der Waals surface area contributed by atoms with E-state index in [0.29, 0.717) is 43.8 Å². The van der Waals surface area contributed by atoms with Gasteiger partial charge in [0.2, 0.25) is 0 Å². The normalized spacial score (nSPS) is 15.2. The first-order valence-corrected chi connectivity index (χ1v) is 14.6. The van der Waals surface area contributed by atoms with Crippen molar-refractivity contribution in [2.45, 2.75) is 39.6 Å². The van der Waals surface area contributed by atoms with Gasteiger partial charge in [0.25, 0.3) is 11.5 Å². The van der Waals surface area contributed by atoms with Gasteiger partial charge in [0.15, 0.2) is 4.80 Å². The van der Waals surface area contributed by atoms with E-state index in [1.54, 1.807) is 50.3 Å². The minimum absolute atomic E-state index is 0.0434. The quantitative estimate of drug-likeness (QED) is 0.228. The number of ether oxygens (including phenoxy) is 1. The summed E-state index contributed by atoms with van der Waals surface area (Å²) in [4.78, 5) is 32.6. The first-order valence-electron chi connectivity index (χ1n) is 13.8. The number of alkyl halides is 3. The summed E-state index contributed by atoms with van der Waals surface area (Å²) in [5.41, 5.74) is 1.03. The highest BCUT2D eigenvalue weighted by Gasteiger charge is 2.35. The summed E-state index contributed by atoms with van der Waals surface area (Å²) in [5, 5.41) is 2.95. The van der Waals surface area contributed by atoms with Crippen molar-refractivity contribution < 1.29 is 31.5 Å². The molecule has 12 heteroatoms. The van der Waals surface area contributed by atoms with Gasteiger partial charge in [-0.15, -0.1) is 0 Å². The van der Waals surface area contributed by atoms with E-state index in [1.165, 1.54) is 16.7 Å². The molecule has 1 atom stereocenters. The molecule has 0 aliphatic carbocycles. The number of hydrogen-bond acceptors (Lipinski definition) is 7. The predicted octanol–water partition coefficient (Wildman–Crippen LogP) is 6.27. The SMILES string of the molecule is CC1=C(C(=O)Nc2ccccc2C)[C@@H](c2ccc(C)o2)n2c(s/c(=C/c3ccc(COc4cccc(C(F)(F)F)c4)o3)c2=O)=N1. The Morgan fingerprint density at radius 3 is 2.58 bits per heavy atom. The Balaban J connectivity index is 1.31. The number of carbonyl (C=O) groups is 1. The highest BCUT2D eigenvalue weighted by Crippen LogP contribution is 2.33. The summed E-state index contributed by atoms with van der Waals surface area (Å²) in [6.45, 7) is 5.27. The van der Waals surface area contributed by atoms with Crippen LogP contribution in [-0.4, -0.2) is 10.5 Å². The van der Waals surface area contributed by atoms with Crippen molar-refractivity contribution in [1.82, 2.24) is 4.57 Å². The van der Waals surface area contributed by atoms with Crippen molar-refractivity contribution in [3.05, 3.63) is 138 Å². The maximum atomic E-state index is 13.9. The third-order valence-electron chi connectivity index (χ3n) is 7.19. The number of carbonyl (C=O) groups excluding carboxylic acids is 1. The second-order valence-electron chi connectivity index (χ2n) is 10.4. The number of nitrogens with zero attached hydrogens (tertiary/aromatic N) is 2. The second-order valence-corrected chi connectivity index (χ2v) is 11.4. The summed E-state index contributed by atoms with van der Waals surface area (Å²) in [6.07, 6.45) is -2.94. The summed E-state index contributed by atoms with van der Waals surface area (Å²) in [6, 6.07) is 17.8. The van der Waals surface area contributed by atoms with E-state index in [1.807, 2.05) is 25.1 Å². The van der Waals surface area contributed by atoms with Gasteiger partial charge in [-0.2, -0.15) is 13.2 Å². The number of rotatable bonds is 7. The lowest BCUT2D eigenvalue weighted by atomic mass is 10.00. The molecule has 0 saturated heterocycles. The van der Waals surface area contributed by atoms with Crippen LogP contribution in [0.15, 0.2) is 103 Å². The Bertz CT molecular complexity index is 2130. The Kier molecular flexibility index (Phi) is 7.83. The van der Waals surface area contributed by atoms with Crippen molar-refractivity contribution in [2.24, 2.45) is 4.99 Å². The summed E-state index contributed by atoms with van der Waals surface area (Å²) >= 11 is 1.13. The minimum Gasteiger partial charge on any atom is -0.486 e. The number of anilines is 1. The van der Waals surface area contributed by atoms with Crippen LogP contribution in [0.5, 0.6) is 5.75 Å². The number of fused-ring (bicyclic) bond motifs is 1. The van der Waals surface area contributed by atoms with E-state index in [2.05, 4.69) is 10.3 Å². The Labute approximate surface area is 258 Å². The van der Waals surface area contributed by atoms with Gasteiger partial charge in [0, 0.05) is 11.8 Å². The molecule has 1 amide bonds. The van der Waals surface area contributed by atoms with Gasteiger partial charge in [0.05, 0.1) is 21.4 Å². The van der Waals surface area contributed by atoms with Crippen LogP contribution in [0, 0.1) is 13.8 Å². The van der Waals surface area contributed by atoms with Gasteiger partial charge in [0.1, 0.15) is 41.4 Å². The van der Waals surface area contributed by atoms with Crippen molar-refractivity contribution >= 4 is 29.0 Å². The fourth-order valence-electron chi connectivity index (χ4n) is 4.98. The van der Waals surface area contributed by atoms with Crippen LogP contribution in [0.3, 0.4) is 0 Å². The first kappa shape index (κ1) is 29.9. The van der Waals surface area contributed by atoms with Gasteiger partial charge in [-0.1, -0.05) is 35.6 Å². The molecule has 0 unspecified atom stereocenters. The highest BCUT2D eigenvalue weighted by atomic mass is 32.1. The van der Waals surface area contributed by atoms with Crippen LogP contribution < -0.4 is 24.9 Å². The van der Waals surface area contributed by atoms with Crippen molar-refractivity contribution in [1.29, 1.82) is 0 Å². The maximum absolute atomic E-state index is 13.9. The average Bonchev–Trinajstić information content (AvgIpc) is 3.71. The monoisotopic (exact) mass is 633 g/mol. The van der Waals surface area contributed by atoms with Gasteiger partial charge in [-0.05, 0) is 74.9 Å². The first-order chi connectivity index (χ1) is 21.5. The molecular formula is C33H26F3N3O5S. The van der Waals surface area contributed by atoms with Crippen LogP contribution in [0.4, 0.5) is 18.9 Å². The molecule has 0 bridgehead atoms. The standard InChI is InChI=1S/C33H26F3N3O5S/c1-18-7-4-5-10-25(18)38-30(40)28-20(3)37-32-39(29(28)26-14-11-19(2)43-26)31(41)27(45-32)16-23-12-13-24(44-23)17-42-22-9-6-8-21(15-22)33(34,35)36/h4-16,29H,17H2,1-3H3,(H,38,40)/b27-16+/t29-/m1/s1. The Morgan fingerprint density at radius 1 is 1.04 bits per heavy atom. The van der Waals surface area contributed by atoms with Gasteiger partial charge >= 0.3 is 6.18 Å². The molecule has 2 aromatic carbocycles. The van der Waals surface area contributed by atoms with E-state index in [0.717, 1.165) is 29.0 Å². The molecule has 0 radical (unpaired) electrons. The number of allylic oxidation sites excluding steroid dienone is 1. The van der Waals surface area contributed by atoms with Crippen LogP contribution in [0.2, 0.25) is 0 Å². The molecule has 0 saturated carbocycles. The number of thiazole rings is 1. The fraction of sp³-hybridized carbons (Fsp3) is 0.182. The number of hydrogen-bond donors (Lipinski definition) is 1. The lowest BCUT2D eigenvalue weighted by Gasteiger charge is -2.23. The van der Waals surface area contributed by atoms with Crippen LogP contribution in [0.1, 0.15) is 47.1 Å². The van der Waals surface area contributed by atoms with E-state index < -0.39 is 29.2 Å².